The first-order valence-electron chi connectivity index (χ1n) is 5.76. The maximum absolute atomic E-state index is 4.59. The second kappa shape index (κ2) is 4.02. The first kappa shape index (κ1) is 11.9. The fourth-order valence-corrected chi connectivity index (χ4v) is 2.14. The summed E-state index contributed by atoms with van der Waals surface area (Å²) < 4.78 is 1.09. The van der Waals surface area contributed by atoms with Gasteiger partial charge in [-0.3, -0.25) is 0 Å². The highest BCUT2D eigenvalue weighted by Gasteiger charge is 2.36. The molecule has 1 aromatic heterocycles. The Hall–Kier alpha value is -0.570. The predicted octanol–water partition coefficient (Wildman–Crippen LogP) is 3.63. The molecule has 1 fully saturated rings. The summed E-state index contributed by atoms with van der Waals surface area (Å²) in [5, 5.41) is 0. The zero-order valence-corrected chi connectivity index (χ0v) is 12.0. The summed E-state index contributed by atoms with van der Waals surface area (Å²) in [7, 11) is 0. The molecule has 0 radical (unpaired) electrons. The molecule has 0 bridgehead atoms. The van der Waals surface area contributed by atoms with E-state index >= 15 is 0 Å². The Kier molecular flexibility index (Phi) is 2.99. The van der Waals surface area contributed by atoms with Crippen molar-refractivity contribution in [3.63, 3.8) is 0 Å². The number of anilines is 1. The molecule has 0 N–H and O–H groups in total. The van der Waals surface area contributed by atoms with E-state index in [1.165, 1.54) is 0 Å². The van der Waals surface area contributed by atoms with Crippen molar-refractivity contribution in [3.8, 4) is 0 Å². The molecule has 88 valence electrons. The van der Waals surface area contributed by atoms with Crippen LogP contribution in [0, 0.1) is 18.3 Å². The molecule has 0 spiro atoms. The second-order valence-corrected chi connectivity index (χ2v) is 6.56. The molecule has 3 heteroatoms. The van der Waals surface area contributed by atoms with Gasteiger partial charge in [-0.15, -0.1) is 0 Å². The van der Waals surface area contributed by atoms with Gasteiger partial charge in [-0.25, -0.2) is 4.98 Å². The average molecular weight is 283 g/mol. The molecular formula is C13H19BrN2. The van der Waals surface area contributed by atoms with E-state index in [0.717, 1.165) is 35.0 Å². The van der Waals surface area contributed by atoms with Gasteiger partial charge in [0.15, 0.2) is 0 Å². The number of hydrogen-bond acceptors (Lipinski definition) is 2. The summed E-state index contributed by atoms with van der Waals surface area (Å²) in [4.78, 5) is 6.95. The minimum atomic E-state index is 0.418. The Bertz CT molecular complexity index is 389. The van der Waals surface area contributed by atoms with E-state index in [2.05, 4.69) is 58.7 Å². The largest absolute Gasteiger partial charge is 0.356 e. The topological polar surface area (TPSA) is 16.1 Å². The van der Waals surface area contributed by atoms with Crippen LogP contribution in [0.3, 0.4) is 0 Å². The highest BCUT2D eigenvalue weighted by atomic mass is 79.9. The third-order valence-electron chi connectivity index (χ3n) is 3.44. The van der Waals surface area contributed by atoms with Crippen LogP contribution >= 0.6 is 15.9 Å². The molecule has 0 aromatic carbocycles. The molecule has 16 heavy (non-hydrogen) atoms. The van der Waals surface area contributed by atoms with Crippen LogP contribution in [0.15, 0.2) is 16.6 Å². The third kappa shape index (κ3) is 2.24. The number of pyridine rings is 1. The summed E-state index contributed by atoms with van der Waals surface area (Å²) in [6, 6.07) is 4.18. The fourth-order valence-electron chi connectivity index (χ4n) is 1.92. The van der Waals surface area contributed by atoms with Crippen molar-refractivity contribution in [3.05, 3.63) is 22.3 Å². The van der Waals surface area contributed by atoms with Crippen LogP contribution in [-0.2, 0) is 0 Å². The van der Waals surface area contributed by atoms with Crippen LogP contribution in [0.1, 0.15) is 26.5 Å². The van der Waals surface area contributed by atoms with E-state index in [4.69, 9.17) is 0 Å². The van der Waals surface area contributed by atoms with E-state index in [1.54, 1.807) is 0 Å². The van der Waals surface area contributed by atoms with E-state index in [1.807, 2.05) is 6.92 Å². The smallest absolute Gasteiger partial charge is 0.128 e. The van der Waals surface area contributed by atoms with Gasteiger partial charge in [0, 0.05) is 17.6 Å². The summed E-state index contributed by atoms with van der Waals surface area (Å²) in [5.41, 5.74) is 1.48. The Morgan fingerprint density at radius 3 is 2.44 bits per heavy atom. The molecule has 2 heterocycles. The van der Waals surface area contributed by atoms with Gasteiger partial charge in [0.05, 0.1) is 5.69 Å². The molecule has 1 aromatic rings. The van der Waals surface area contributed by atoms with Crippen LogP contribution in [0.2, 0.25) is 0 Å². The van der Waals surface area contributed by atoms with Crippen LogP contribution in [0.5, 0.6) is 0 Å². The maximum Gasteiger partial charge on any atom is 0.128 e. The van der Waals surface area contributed by atoms with E-state index in [0.29, 0.717) is 5.41 Å². The molecular weight excluding hydrogens is 264 g/mol. The van der Waals surface area contributed by atoms with Gasteiger partial charge >= 0.3 is 0 Å². The molecule has 0 saturated carbocycles. The van der Waals surface area contributed by atoms with Gasteiger partial charge in [-0.1, -0.05) is 20.8 Å². The van der Waals surface area contributed by atoms with Crippen LogP contribution in [0.25, 0.3) is 0 Å². The van der Waals surface area contributed by atoms with Gasteiger partial charge < -0.3 is 4.90 Å². The number of rotatable bonds is 1. The van der Waals surface area contributed by atoms with Crippen molar-refractivity contribution in [2.24, 2.45) is 11.3 Å². The normalized spacial score (nSPS) is 17.4. The van der Waals surface area contributed by atoms with Gasteiger partial charge in [0.1, 0.15) is 5.82 Å². The zero-order valence-electron chi connectivity index (χ0n) is 10.4. The first-order chi connectivity index (χ1) is 7.38. The zero-order chi connectivity index (χ0) is 11.9. The van der Waals surface area contributed by atoms with E-state index in [-0.39, 0.29) is 0 Å². The Balaban J connectivity index is 2.04. The van der Waals surface area contributed by atoms with Gasteiger partial charge in [-0.05, 0) is 46.3 Å². The molecule has 2 rings (SSSR count). The molecule has 2 nitrogen and oxygen atoms in total. The molecule has 0 atom stereocenters. The fraction of sp³-hybridized carbons (Fsp3) is 0.615. The lowest BCUT2D eigenvalue weighted by Gasteiger charge is -2.47. The van der Waals surface area contributed by atoms with Crippen LogP contribution in [-0.4, -0.2) is 18.1 Å². The highest BCUT2D eigenvalue weighted by molar-refractivity contribution is 9.10. The summed E-state index contributed by atoms with van der Waals surface area (Å²) in [6.07, 6.45) is 0. The van der Waals surface area contributed by atoms with E-state index in [9.17, 15) is 0 Å². The molecule has 1 aliphatic heterocycles. The second-order valence-electron chi connectivity index (χ2n) is 5.70. The monoisotopic (exact) mass is 282 g/mol. The van der Waals surface area contributed by atoms with Crippen molar-refractivity contribution in [2.45, 2.75) is 27.7 Å². The van der Waals surface area contributed by atoms with Crippen molar-refractivity contribution in [2.75, 3.05) is 18.0 Å². The number of aromatic nitrogens is 1. The average Bonchev–Trinajstić information content (AvgIpc) is 2.06. The van der Waals surface area contributed by atoms with Gasteiger partial charge in [0.2, 0.25) is 0 Å². The maximum atomic E-state index is 4.59. The van der Waals surface area contributed by atoms with Crippen molar-refractivity contribution < 1.29 is 0 Å². The summed E-state index contributed by atoms with van der Waals surface area (Å²) in [6.45, 7) is 11.3. The highest BCUT2D eigenvalue weighted by Crippen LogP contribution is 2.35. The standard InChI is InChI=1S/C13H19BrN2/c1-9-11(14)5-6-12(15-9)16-7-10(8-16)13(2,3)4/h5-6,10H,7-8H2,1-4H3. The summed E-state index contributed by atoms with van der Waals surface area (Å²) in [5.74, 6) is 1.90. The molecule has 0 aliphatic carbocycles. The lowest BCUT2D eigenvalue weighted by atomic mass is 9.76. The SMILES string of the molecule is Cc1nc(N2CC(C(C)(C)C)C2)ccc1Br. The molecule has 1 saturated heterocycles. The third-order valence-corrected chi connectivity index (χ3v) is 4.28. The molecule has 0 unspecified atom stereocenters. The Labute approximate surface area is 106 Å². The lowest BCUT2D eigenvalue weighted by molar-refractivity contribution is 0.194. The Morgan fingerprint density at radius 1 is 1.31 bits per heavy atom. The van der Waals surface area contributed by atoms with Crippen molar-refractivity contribution in [1.29, 1.82) is 0 Å². The first-order valence-corrected chi connectivity index (χ1v) is 6.55. The minimum absolute atomic E-state index is 0.418. The number of aryl methyl sites for hydroxylation is 1. The van der Waals surface area contributed by atoms with E-state index < -0.39 is 0 Å². The number of halogens is 1. The predicted molar refractivity (Wildman–Crippen MR) is 71.8 cm³/mol. The molecule has 0 amide bonds. The summed E-state index contributed by atoms with van der Waals surface area (Å²) >= 11 is 3.48. The van der Waals surface area contributed by atoms with Gasteiger partial charge in [-0.2, -0.15) is 0 Å². The lowest BCUT2D eigenvalue weighted by Crippen LogP contribution is -2.52. The number of hydrogen-bond donors (Lipinski definition) is 0. The number of nitrogens with zero attached hydrogens (tertiary/aromatic N) is 2. The Morgan fingerprint density at radius 2 is 1.94 bits per heavy atom. The van der Waals surface area contributed by atoms with Crippen molar-refractivity contribution in [1.82, 2.24) is 4.98 Å². The van der Waals surface area contributed by atoms with Gasteiger partial charge in [0.25, 0.3) is 0 Å². The van der Waals surface area contributed by atoms with Crippen LogP contribution < -0.4 is 4.90 Å². The molecule has 1 aliphatic rings. The van der Waals surface area contributed by atoms with Crippen LogP contribution in [0.4, 0.5) is 5.82 Å². The van der Waals surface area contributed by atoms with Crippen molar-refractivity contribution >= 4 is 21.7 Å². The minimum Gasteiger partial charge on any atom is -0.356 e. The quantitative estimate of drug-likeness (QED) is 0.782.